The molecule has 3 aromatic rings. The third-order valence-corrected chi connectivity index (χ3v) is 4.42. The molecule has 2 atom stereocenters. The van der Waals surface area contributed by atoms with Gasteiger partial charge in [0, 0.05) is 5.92 Å². The van der Waals surface area contributed by atoms with Crippen molar-refractivity contribution in [3.05, 3.63) is 54.4 Å². The molecule has 2 aromatic heterocycles. The van der Waals surface area contributed by atoms with E-state index in [4.69, 9.17) is 16.2 Å². The molecule has 1 aliphatic rings. The van der Waals surface area contributed by atoms with Gasteiger partial charge in [-0.1, -0.05) is 42.5 Å². The Morgan fingerprint density at radius 1 is 1.12 bits per heavy atom. The molecule has 4 N–H and O–H groups in total. The van der Waals surface area contributed by atoms with Crippen molar-refractivity contribution in [1.29, 1.82) is 0 Å². The zero-order valence-electron chi connectivity index (χ0n) is 13.7. The average molecular weight is 336 g/mol. The topological polar surface area (TPSA) is 105 Å². The second-order valence-electron chi connectivity index (χ2n) is 6.24. The van der Waals surface area contributed by atoms with Gasteiger partial charge in [0.05, 0.1) is 25.6 Å². The molecule has 0 radical (unpaired) electrons. The first kappa shape index (κ1) is 15.6. The smallest absolute Gasteiger partial charge is 0.224 e. The van der Waals surface area contributed by atoms with Crippen LogP contribution in [-0.2, 0) is 11.3 Å². The summed E-state index contributed by atoms with van der Waals surface area (Å²) < 4.78 is 7.85. The van der Waals surface area contributed by atoms with Crippen LogP contribution < -0.4 is 11.5 Å². The van der Waals surface area contributed by atoms with Crippen molar-refractivity contribution in [1.82, 2.24) is 19.5 Å². The number of ether oxygens (including phenoxy) is 1. The zero-order chi connectivity index (χ0) is 17.2. The molecule has 7 nitrogen and oxygen atoms in total. The van der Waals surface area contributed by atoms with Gasteiger partial charge in [0.2, 0.25) is 5.95 Å². The third kappa shape index (κ3) is 3.18. The number of aromatic nitrogens is 4. The number of nitrogens with zero attached hydrogens (tertiary/aromatic N) is 4. The Bertz CT molecular complexity index is 905. The van der Waals surface area contributed by atoms with E-state index >= 15 is 0 Å². The lowest BCUT2D eigenvalue weighted by atomic mass is 10.1. The average Bonchev–Trinajstić information content (AvgIpc) is 3.22. The maximum Gasteiger partial charge on any atom is 0.224 e. The molecular weight excluding hydrogens is 316 g/mol. The number of hydrogen-bond donors (Lipinski definition) is 2. The molecule has 0 saturated heterocycles. The Labute approximate surface area is 145 Å². The van der Waals surface area contributed by atoms with Gasteiger partial charge >= 0.3 is 0 Å². The summed E-state index contributed by atoms with van der Waals surface area (Å²) in [6.45, 7) is 1.32. The minimum atomic E-state index is 0.163. The van der Waals surface area contributed by atoms with E-state index in [0.29, 0.717) is 36.1 Å². The standard InChI is InChI=1S/C18H20N6O/c19-16-15-17(23-18(20)22-16)24(11-21-15)14-7-6-13(8-14)10-25-9-12-4-2-1-3-5-12/h1-7,11,13-14H,8-10H2,(H4,19,20,22,23)/t13-,14+/m1/s1. The number of nitrogens with two attached hydrogens (primary N) is 2. The van der Waals surface area contributed by atoms with Crippen LogP contribution in [0.2, 0.25) is 0 Å². The molecule has 0 spiro atoms. The highest BCUT2D eigenvalue weighted by atomic mass is 16.5. The first-order valence-corrected chi connectivity index (χ1v) is 8.26. The Kier molecular flexibility index (Phi) is 4.07. The van der Waals surface area contributed by atoms with Crippen LogP contribution in [0.25, 0.3) is 11.2 Å². The van der Waals surface area contributed by atoms with Crippen molar-refractivity contribution in [2.24, 2.45) is 5.92 Å². The van der Waals surface area contributed by atoms with Crippen LogP contribution in [0.5, 0.6) is 0 Å². The predicted molar refractivity (Wildman–Crippen MR) is 96.5 cm³/mol. The number of benzene rings is 1. The van der Waals surface area contributed by atoms with Crippen molar-refractivity contribution in [3.63, 3.8) is 0 Å². The molecule has 0 bridgehead atoms. The highest BCUT2D eigenvalue weighted by Crippen LogP contribution is 2.31. The highest BCUT2D eigenvalue weighted by Gasteiger charge is 2.23. The number of imidazole rings is 1. The van der Waals surface area contributed by atoms with Gasteiger partial charge in [-0.15, -0.1) is 0 Å². The van der Waals surface area contributed by atoms with E-state index < -0.39 is 0 Å². The van der Waals surface area contributed by atoms with Crippen LogP contribution >= 0.6 is 0 Å². The minimum Gasteiger partial charge on any atom is -0.382 e. The molecule has 128 valence electrons. The molecule has 0 saturated carbocycles. The second-order valence-corrected chi connectivity index (χ2v) is 6.24. The largest absolute Gasteiger partial charge is 0.382 e. The van der Waals surface area contributed by atoms with E-state index in [2.05, 4.69) is 39.2 Å². The van der Waals surface area contributed by atoms with Gasteiger partial charge < -0.3 is 20.8 Å². The summed E-state index contributed by atoms with van der Waals surface area (Å²) >= 11 is 0. The lowest BCUT2D eigenvalue weighted by molar-refractivity contribution is 0.0974. The molecule has 2 heterocycles. The molecule has 0 unspecified atom stereocenters. The van der Waals surface area contributed by atoms with Gasteiger partial charge in [-0.25, -0.2) is 4.98 Å². The predicted octanol–water partition coefficient (Wildman–Crippen LogP) is 2.32. The van der Waals surface area contributed by atoms with Crippen molar-refractivity contribution in [2.45, 2.75) is 19.1 Å². The molecular formula is C18H20N6O. The summed E-state index contributed by atoms with van der Waals surface area (Å²) in [6.07, 6.45) is 7.03. The lowest BCUT2D eigenvalue weighted by Gasteiger charge is -2.14. The number of anilines is 2. The van der Waals surface area contributed by atoms with E-state index in [9.17, 15) is 0 Å². The van der Waals surface area contributed by atoms with E-state index in [1.54, 1.807) is 6.33 Å². The van der Waals surface area contributed by atoms with Gasteiger partial charge in [-0.3, -0.25) is 0 Å². The van der Waals surface area contributed by atoms with Crippen LogP contribution in [0.4, 0.5) is 11.8 Å². The van der Waals surface area contributed by atoms with E-state index in [0.717, 1.165) is 6.42 Å². The van der Waals surface area contributed by atoms with E-state index in [1.165, 1.54) is 5.56 Å². The molecule has 1 aliphatic carbocycles. The van der Waals surface area contributed by atoms with Crippen LogP contribution in [0, 0.1) is 5.92 Å². The van der Waals surface area contributed by atoms with Gasteiger partial charge in [0.25, 0.3) is 0 Å². The monoisotopic (exact) mass is 336 g/mol. The van der Waals surface area contributed by atoms with Crippen LogP contribution in [0.15, 0.2) is 48.8 Å². The molecule has 0 aliphatic heterocycles. The van der Waals surface area contributed by atoms with Crippen molar-refractivity contribution in [3.8, 4) is 0 Å². The molecule has 4 rings (SSSR count). The Morgan fingerprint density at radius 3 is 2.80 bits per heavy atom. The summed E-state index contributed by atoms with van der Waals surface area (Å²) in [4.78, 5) is 12.6. The number of nitrogen functional groups attached to an aromatic ring is 2. The molecule has 1 aromatic carbocycles. The maximum atomic E-state index is 5.87. The minimum absolute atomic E-state index is 0.163. The summed E-state index contributed by atoms with van der Waals surface area (Å²) in [7, 11) is 0. The Morgan fingerprint density at radius 2 is 1.96 bits per heavy atom. The van der Waals surface area contributed by atoms with E-state index in [-0.39, 0.29) is 12.0 Å². The van der Waals surface area contributed by atoms with Crippen molar-refractivity contribution < 1.29 is 4.74 Å². The fourth-order valence-electron chi connectivity index (χ4n) is 3.18. The number of allylic oxidation sites excluding steroid dienone is 1. The first-order chi connectivity index (χ1) is 12.2. The Balaban J connectivity index is 1.40. The molecule has 7 heteroatoms. The summed E-state index contributed by atoms with van der Waals surface area (Å²) in [6, 6.07) is 10.4. The van der Waals surface area contributed by atoms with Crippen LogP contribution in [0.1, 0.15) is 18.0 Å². The summed E-state index contributed by atoms with van der Waals surface area (Å²) in [5.41, 5.74) is 14.0. The van der Waals surface area contributed by atoms with Crippen LogP contribution in [0.3, 0.4) is 0 Å². The van der Waals surface area contributed by atoms with Gasteiger partial charge in [-0.05, 0) is 12.0 Å². The van der Waals surface area contributed by atoms with Crippen molar-refractivity contribution >= 4 is 22.9 Å². The molecule has 25 heavy (non-hydrogen) atoms. The Hall–Kier alpha value is -2.93. The van der Waals surface area contributed by atoms with Crippen LogP contribution in [-0.4, -0.2) is 26.1 Å². The lowest BCUT2D eigenvalue weighted by Crippen LogP contribution is -2.10. The van der Waals surface area contributed by atoms with Crippen molar-refractivity contribution in [2.75, 3.05) is 18.1 Å². The maximum absolute atomic E-state index is 5.87. The highest BCUT2D eigenvalue weighted by molar-refractivity contribution is 5.82. The SMILES string of the molecule is Nc1nc(N)c2ncn([C@H]3C=C[C@@H](COCc4ccccc4)C3)c2n1. The molecule has 0 amide bonds. The normalized spacial score (nSPS) is 19.7. The van der Waals surface area contributed by atoms with Gasteiger partial charge in [-0.2, -0.15) is 9.97 Å². The fraction of sp³-hybridized carbons (Fsp3) is 0.278. The quantitative estimate of drug-likeness (QED) is 0.693. The first-order valence-electron chi connectivity index (χ1n) is 8.26. The van der Waals surface area contributed by atoms with Gasteiger partial charge in [0.1, 0.15) is 5.52 Å². The van der Waals surface area contributed by atoms with E-state index in [1.807, 2.05) is 22.8 Å². The number of fused-ring (bicyclic) bond motifs is 1. The fourth-order valence-corrected chi connectivity index (χ4v) is 3.18. The molecule has 0 fully saturated rings. The van der Waals surface area contributed by atoms with Gasteiger partial charge in [0.15, 0.2) is 11.5 Å². The number of hydrogen-bond acceptors (Lipinski definition) is 6. The zero-order valence-corrected chi connectivity index (χ0v) is 13.7. The summed E-state index contributed by atoms with van der Waals surface area (Å²) in [5, 5.41) is 0. The third-order valence-electron chi connectivity index (χ3n) is 4.42. The number of rotatable bonds is 5. The second kappa shape index (κ2) is 6.52. The summed E-state index contributed by atoms with van der Waals surface area (Å²) in [5.74, 6) is 0.838.